The van der Waals surface area contributed by atoms with Crippen LogP contribution in [0.25, 0.3) is 11.1 Å². The van der Waals surface area contributed by atoms with Gasteiger partial charge in [0.15, 0.2) is 0 Å². The van der Waals surface area contributed by atoms with E-state index in [-0.39, 0.29) is 17.3 Å². The van der Waals surface area contributed by atoms with Gasteiger partial charge in [-0.05, 0) is 52.4 Å². The van der Waals surface area contributed by atoms with E-state index < -0.39 is 6.04 Å². The van der Waals surface area contributed by atoms with Gasteiger partial charge in [-0.1, -0.05) is 92.7 Å². The standard InChI is InChI=1S/C33H35N3O3/c1-33(2,23-35-30(32(38)39-3)25-14-8-5-9-15-25)22-34-26-18-20-27(21-19-26)36-31(37)29-17-11-10-16-28(29)24-12-6-4-7-13-24/h4-21,30,34-35H,22-23H2,1-3H3,(H,36,37). The predicted molar refractivity (Wildman–Crippen MR) is 158 cm³/mol. The van der Waals surface area contributed by atoms with Crippen molar-refractivity contribution in [2.75, 3.05) is 30.8 Å². The molecule has 3 N–H and O–H groups in total. The second kappa shape index (κ2) is 12.9. The number of anilines is 2. The van der Waals surface area contributed by atoms with Crippen LogP contribution in [0.3, 0.4) is 0 Å². The molecule has 1 atom stereocenters. The van der Waals surface area contributed by atoms with Crippen molar-refractivity contribution in [1.29, 1.82) is 0 Å². The summed E-state index contributed by atoms with van der Waals surface area (Å²) in [6.07, 6.45) is 0. The van der Waals surface area contributed by atoms with Crippen LogP contribution >= 0.6 is 0 Å². The first-order valence-corrected chi connectivity index (χ1v) is 13.0. The summed E-state index contributed by atoms with van der Waals surface area (Å²) in [6.45, 7) is 5.54. The summed E-state index contributed by atoms with van der Waals surface area (Å²) in [4.78, 5) is 25.5. The van der Waals surface area contributed by atoms with E-state index >= 15 is 0 Å². The molecule has 4 aromatic rings. The lowest BCUT2D eigenvalue weighted by Crippen LogP contribution is -2.39. The number of nitrogens with one attached hydrogen (secondary N) is 3. The van der Waals surface area contributed by atoms with Gasteiger partial charge in [0.25, 0.3) is 5.91 Å². The van der Waals surface area contributed by atoms with Crippen LogP contribution in [0.2, 0.25) is 0 Å². The van der Waals surface area contributed by atoms with Crippen molar-refractivity contribution >= 4 is 23.3 Å². The third kappa shape index (κ3) is 7.55. The van der Waals surface area contributed by atoms with Gasteiger partial charge in [0.1, 0.15) is 6.04 Å². The maximum Gasteiger partial charge on any atom is 0.327 e. The normalized spacial score (nSPS) is 11.9. The molecule has 1 amide bonds. The Morgan fingerprint density at radius 3 is 2.00 bits per heavy atom. The second-order valence-electron chi connectivity index (χ2n) is 10.2. The molecule has 0 aromatic heterocycles. The molecule has 0 heterocycles. The predicted octanol–water partition coefficient (Wildman–Crippen LogP) is 6.55. The number of carbonyl (C=O) groups excluding carboxylic acids is 2. The van der Waals surface area contributed by atoms with Crippen molar-refractivity contribution in [3.8, 4) is 11.1 Å². The Bertz CT molecular complexity index is 1370. The molecule has 0 aliphatic rings. The van der Waals surface area contributed by atoms with E-state index in [9.17, 15) is 9.59 Å². The van der Waals surface area contributed by atoms with Crippen LogP contribution in [0.4, 0.5) is 11.4 Å². The van der Waals surface area contributed by atoms with Crippen LogP contribution in [0.15, 0.2) is 109 Å². The molecule has 6 heteroatoms. The van der Waals surface area contributed by atoms with Gasteiger partial charge in [-0.25, -0.2) is 4.79 Å². The lowest BCUT2D eigenvalue weighted by molar-refractivity contribution is -0.143. The quantitative estimate of drug-likeness (QED) is 0.195. The molecule has 6 nitrogen and oxygen atoms in total. The monoisotopic (exact) mass is 521 g/mol. The first-order valence-electron chi connectivity index (χ1n) is 13.0. The van der Waals surface area contributed by atoms with Crippen molar-refractivity contribution in [2.24, 2.45) is 5.41 Å². The third-order valence-electron chi connectivity index (χ3n) is 6.52. The van der Waals surface area contributed by atoms with Crippen LogP contribution in [0.5, 0.6) is 0 Å². The number of amides is 1. The fourth-order valence-electron chi connectivity index (χ4n) is 4.30. The van der Waals surface area contributed by atoms with E-state index in [0.29, 0.717) is 18.7 Å². The Kier molecular flexibility index (Phi) is 9.13. The van der Waals surface area contributed by atoms with Crippen molar-refractivity contribution in [1.82, 2.24) is 5.32 Å². The zero-order valence-electron chi connectivity index (χ0n) is 22.6. The minimum absolute atomic E-state index is 0.152. The number of hydrogen-bond donors (Lipinski definition) is 3. The van der Waals surface area contributed by atoms with Crippen LogP contribution in [0.1, 0.15) is 35.8 Å². The molecular formula is C33H35N3O3. The average Bonchev–Trinajstić information content (AvgIpc) is 2.97. The van der Waals surface area contributed by atoms with Crippen molar-refractivity contribution < 1.29 is 14.3 Å². The highest BCUT2D eigenvalue weighted by atomic mass is 16.5. The number of hydrogen-bond acceptors (Lipinski definition) is 5. The topological polar surface area (TPSA) is 79.5 Å². The summed E-state index contributed by atoms with van der Waals surface area (Å²) < 4.78 is 5.01. The molecule has 0 spiro atoms. The molecular weight excluding hydrogens is 486 g/mol. The lowest BCUT2D eigenvalue weighted by Gasteiger charge is -2.28. The number of esters is 1. The van der Waals surface area contributed by atoms with E-state index in [0.717, 1.165) is 28.1 Å². The van der Waals surface area contributed by atoms with Crippen LogP contribution in [-0.2, 0) is 9.53 Å². The first-order chi connectivity index (χ1) is 18.9. The lowest BCUT2D eigenvalue weighted by atomic mass is 9.92. The molecule has 0 saturated heterocycles. The van der Waals surface area contributed by atoms with Gasteiger partial charge < -0.3 is 20.7 Å². The first kappa shape index (κ1) is 27.6. The van der Waals surface area contributed by atoms with Crippen LogP contribution in [0, 0.1) is 5.41 Å². The number of rotatable bonds is 11. The summed E-state index contributed by atoms with van der Waals surface area (Å²) in [5, 5.41) is 9.84. The number of methoxy groups -OCH3 is 1. The average molecular weight is 522 g/mol. The van der Waals surface area contributed by atoms with Gasteiger partial charge in [-0.15, -0.1) is 0 Å². The highest BCUT2D eigenvalue weighted by Gasteiger charge is 2.25. The Balaban J connectivity index is 1.34. The number of ether oxygens (including phenoxy) is 1. The van der Waals surface area contributed by atoms with E-state index in [1.165, 1.54) is 7.11 Å². The molecule has 4 aromatic carbocycles. The summed E-state index contributed by atoms with van der Waals surface area (Å²) in [5.41, 5.74) is 4.90. The SMILES string of the molecule is COC(=O)C(NCC(C)(C)CNc1ccc(NC(=O)c2ccccc2-c2ccccc2)cc1)c1ccccc1. The molecule has 0 radical (unpaired) electrons. The van der Waals surface area contributed by atoms with Crippen LogP contribution < -0.4 is 16.0 Å². The van der Waals surface area contributed by atoms with Gasteiger partial charge in [-0.3, -0.25) is 4.79 Å². The van der Waals surface area contributed by atoms with E-state index in [2.05, 4.69) is 29.8 Å². The third-order valence-corrected chi connectivity index (χ3v) is 6.52. The van der Waals surface area contributed by atoms with Gasteiger partial charge >= 0.3 is 5.97 Å². The molecule has 200 valence electrons. The maximum atomic E-state index is 13.1. The maximum absolute atomic E-state index is 13.1. The Morgan fingerprint density at radius 2 is 1.33 bits per heavy atom. The summed E-state index contributed by atoms with van der Waals surface area (Å²) >= 11 is 0. The second-order valence-corrected chi connectivity index (χ2v) is 10.2. The highest BCUT2D eigenvalue weighted by molar-refractivity contribution is 6.08. The van der Waals surface area contributed by atoms with Gasteiger partial charge in [-0.2, -0.15) is 0 Å². The van der Waals surface area contributed by atoms with E-state index in [4.69, 9.17) is 4.74 Å². The molecule has 0 aliphatic carbocycles. The Morgan fingerprint density at radius 1 is 0.744 bits per heavy atom. The molecule has 0 fully saturated rings. The molecule has 0 bridgehead atoms. The van der Waals surface area contributed by atoms with Crippen molar-refractivity contribution in [2.45, 2.75) is 19.9 Å². The molecule has 0 aliphatic heterocycles. The van der Waals surface area contributed by atoms with Crippen LogP contribution in [-0.4, -0.2) is 32.1 Å². The zero-order valence-corrected chi connectivity index (χ0v) is 22.6. The van der Waals surface area contributed by atoms with Crippen molar-refractivity contribution in [3.63, 3.8) is 0 Å². The summed E-state index contributed by atoms with van der Waals surface area (Å²) in [7, 11) is 1.40. The van der Waals surface area contributed by atoms with E-state index in [1.54, 1.807) is 0 Å². The Labute approximate surface area is 230 Å². The van der Waals surface area contributed by atoms with Gasteiger partial charge in [0.2, 0.25) is 0 Å². The van der Waals surface area contributed by atoms with Gasteiger partial charge in [0.05, 0.1) is 7.11 Å². The fraction of sp³-hybridized carbons (Fsp3) is 0.212. The molecule has 4 rings (SSSR count). The number of benzene rings is 4. The molecule has 0 saturated carbocycles. The van der Waals surface area contributed by atoms with Crippen molar-refractivity contribution in [3.05, 3.63) is 120 Å². The zero-order chi connectivity index (χ0) is 27.7. The fourth-order valence-corrected chi connectivity index (χ4v) is 4.30. The largest absolute Gasteiger partial charge is 0.468 e. The van der Waals surface area contributed by atoms with Gasteiger partial charge in [0, 0.05) is 30.0 Å². The number of carbonyl (C=O) groups is 2. The molecule has 39 heavy (non-hydrogen) atoms. The minimum atomic E-state index is -0.523. The minimum Gasteiger partial charge on any atom is -0.468 e. The summed E-state index contributed by atoms with van der Waals surface area (Å²) in [6, 6.07) is 34.2. The highest BCUT2D eigenvalue weighted by Crippen LogP contribution is 2.25. The van der Waals surface area contributed by atoms with E-state index in [1.807, 2.05) is 109 Å². The molecule has 1 unspecified atom stereocenters. The summed E-state index contributed by atoms with van der Waals surface area (Å²) in [5.74, 6) is -0.463. The Hall–Kier alpha value is -4.42. The smallest absolute Gasteiger partial charge is 0.327 e.